The summed E-state index contributed by atoms with van der Waals surface area (Å²) in [6.07, 6.45) is 0.579. The summed E-state index contributed by atoms with van der Waals surface area (Å²) >= 11 is 0. The summed E-state index contributed by atoms with van der Waals surface area (Å²) < 4.78 is 14.9. The number of carboxylic acid groups (broad SMARTS) is 1. The van der Waals surface area contributed by atoms with Crippen LogP contribution in [0.15, 0.2) is 18.2 Å². The van der Waals surface area contributed by atoms with Gasteiger partial charge in [-0.05, 0) is 31.0 Å². The quantitative estimate of drug-likeness (QED) is 0.768. The Bertz CT molecular complexity index is 406. The molecule has 0 aliphatic heterocycles. The molecule has 0 unspecified atom stereocenters. The fourth-order valence-corrected chi connectivity index (χ4v) is 1.60. The molecule has 1 aromatic rings. The summed E-state index contributed by atoms with van der Waals surface area (Å²) in [6.45, 7) is 1.83. The van der Waals surface area contributed by atoms with Crippen molar-refractivity contribution in [3.63, 3.8) is 0 Å². The molecule has 0 saturated heterocycles. The molecule has 86 valence electrons. The van der Waals surface area contributed by atoms with E-state index in [9.17, 15) is 9.36 Å². The minimum absolute atomic E-state index is 0.0125. The number of benzene rings is 1. The van der Waals surface area contributed by atoms with Gasteiger partial charge in [0.2, 0.25) is 0 Å². The fraction of sp³-hybridized carbons (Fsp3) is 0.300. The molecule has 6 heteroatoms. The molecule has 0 radical (unpaired) electrons. The largest absolute Gasteiger partial charge is 0.478 e. The van der Waals surface area contributed by atoms with E-state index >= 15 is 0 Å². The molecule has 1 atom stereocenters. The van der Waals surface area contributed by atoms with Crippen LogP contribution in [0, 0.1) is 0 Å². The third-order valence-corrected chi connectivity index (χ3v) is 2.24. The lowest BCUT2D eigenvalue weighted by Gasteiger charge is -2.08. The number of carbonyl (C=O) groups is 1. The number of rotatable bonds is 5. The summed E-state index contributed by atoms with van der Waals surface area (Å²) in [5, 5.41) is 8.93. The van der Waals surface area contributed by atoms with Gasteiger partial charge in [0.1, 0.15) is 11.3 Å². The monoisotopic (exact) mass is 241 g/mol. The van der Waals surface area contributed by atoms with E-state index in [1.807, 2.05) is 6.92 Å². The Morgan fingerprint density at radius 3 is 2.81 bits per heavy atom. The van der Waals surface area contributed by atoms with E-state index in [1.54, 1.807) is 6.07 Å². The van der Waals surface area contributed by atoms with Crippen LogP contribution in [0.5, 0.6) is 5.75 Å². The Kier molecular flexibility index (Phi) is 4.40. The van der Waals surface area contributed by atoms with E-state index in [1.165, 1.54) is 12.1 Å². The summed E-state index contributed by atoms with van der Waals surface area (Å²) in [7, 11) is -0.576. The van der Waals surface area contributed by atoms with E-state index in [-0.39, 0.29) is 17.4 Å². The molecule has 0 heterocycles. The fourth-order valence-electron chi connectivity index (χ4n) is 1.36. The molecule has 1 rings (SSSR count). The molecule has 1 aromatic carbocycles. The van der Waals surface area contributed by atoms with Gasteiger partial charge in [0.25, 0.3) is 0 Å². The predicted molar refractivity (Wildman–Crippen MR) is 59.0 cm³/mol. The lowest BCUT2D eigenvalue weighted by molar-refractivity contribution is 0.0695. The maximum absolute atomic E-state index is 10.9. The highest BCUT2D eigenvalue weighted by Gasteiger charge is 2.13. The van der Waals surface area contributed by atoms with Crippen LogP contribution in [-0.2, 0) is 11.0 Å². The second-order valence-electron chi connectivity index (χ2n) is 3.48. The topological polar surface area (TPSA) is 89.6 Å². The Morgan fingerprint density at radius 2 is 2.31 bits per heavy atom. The van der Waals surface area contributed by atoms with Crippen molar-refractivity contribution in [2.75, 3.05) is 0 Å². The number of hydrogen-bond acceptors (Lipinski definition) is 4. The van der Waals surface area contributed by atoms with Crippen LogP contribution >= 0.6 is 8.69 Å². The van der Waals surface area contributed by atoms with E-state index in [2.05, 4.69) is 4.52 Å². The van der Waals surface area contributed by atoms with Gasteiger partial charge in [0.15, 0.2) is 0 Å². The zero-order valence-corrected chi connectivity index (χ0v) is 9.61. The SMILES string of the molecule is C[C@@H](N)Cc1ccc(OP=O)c(C(=O)O)c1. The van der Waals surface area contributed by atoms with Gasteiger partial charge in [0, 0.05) is 6.04 Å². The molecular formula is C10H12NO4P. The van der Waals surface area contributed by atoms with E-state index in [0.29, 0.717) is 6.42 Å². The summed E-state index contributed by atoms with van der Waals surface area (Å²) in [5.41, 5.74) is 6.41. The molecule has 0 saturated carbocycles. The molecule has 16 heavy (non-hydrogen) atoms. The van der Waals surface area contributed by atoms with Crippen LogP contribution in [0.1, 0.15) is 22.8 Å². The first-order chi connectivity index (χ1) is 7.54. The zero-order valence-electron chi connectivity index (χ0n) is 8.71. The molecule has 5 nitrogen and oxygen atoms in total. The van der Waals surface area contributed by atoms with E-state index in [0.717, 1.165) is 5.56 Å². The Hall–Kier alpha value is -1.45. The van der Waals surface area contributed by atoms with E-state index in [4.69, 9.17) is 10.8 Å². The highest BCUT2D eigenvalue weighted by atomic mass is 31.1. The van der Waals surface area contributed by atoms with Crippen LogP contribution in [0.25, 0.3) is 0 Å². The zero-order chi connectivity index (χ0) is 12.1. The minimum Gasteiger partial charge on any atom is -0.478 e. The van der Waals surface area contributed by atoms with Gasteiger partial charge in [-0.3, -0.25) is 0 Å². The van der Waals surface area contributed by atoms with Gasteiger partial charge in [-0.25, -0.2) is 9.36 Å². The van der Waals surface area contributed by atoms with Crippen molar-refractivity contribution < 1.29 is 19.0 Å². The number of aromatic carboxylic acids is 1. The van der Waals surface area contributed by atoms with Crippen LogP contribution in [0.4, 0.5) is 0 Å². The maximum Gasteiger partial charge on any atom is 0.395 e. The second-order valence-corrected chi connectivity index (χ2v) is 3.81. The van der Waals surface area contributed by atoms with Crippen molar-refractivity contribution in [1.29, 1.82) is 0 Å². The van der Waals surface area contributed by atoms with E-state index < -0.39 is 14.7 Å². The third kappa shape index (κ3) is 3.29. The number of hydrogen-bond donors (Lipinski definition) is 2. The van der Waals surface area contributed by atoms with Gasteiger partial charge in [0.05, 0.1) is 0 Å². The Labute approximate surface area is 94.5 Å². The molecule has 3 N–H and O–H groups in total. The third-order valence-electron chi connectivity index (χ3n) is 1.97. The van der Waals surface area contributed by atoms with Crippen molar-refractivity contribution >= 4 is 14.7 Å². The maximum atomic E-state index is 10.9. The van der Waals surface area contributed by atoms with Gasteiger partial charge in [-0.15, -0.1) is 0 Å². The average Bonchev–Trinajstić information content (AvgIpc) is 2.19. The van der Waals surface area contributed by atoms with Crippen LogP contribution < -0.4 is 10.3 Å². The summed E-state index contributed by atoms with van der Waals surface area (Å²) in [5.74, 6) is -1.04. The Morgan fingerprint density at radius 1 is 1.62 bits per heavy atom. The average molecular weight is 241 g/mol. The number of carboxylic acids is 1. The van der Waals surface area contributed by atoms with Crippen molar-refractivity contribution in [2.45, 2.75) is 19.4 Å². The van der Waals surface area contributed by atoms with Crippen molar-refractivity contribution in [2.24, 2.45) is 5.73 Å². The molecular weight excluding hydrogens is 229 g/mol. The van der Waals surface area contributed by atoms with Gasteiger partial charge >= 0.3 is 14.7 Å². The van der Waals surface area contributed by atoms with Crippen molar-refractivity contribution in [1.82, 2.24) is 0 Å². The standard InChI is InChI=1S/C10H12NO4P/c1-6(11)4-7-2-3-9(15-16-14)8(5-7)10(12)13/h2-3,5-6H,4,11H2,1H3,(H,12,13)/t6-/m1/s1. The number of nitrogens with two attached hydrogens (primary N) is 1. The molecule has 0 fully saturated rings. The second kappa shape index (κ2) is 5.58. The molecule has 0 bridgehead atoms. The molecule has 0 aromatic heterocycles. The van der Waals surface area contributed by atoms with Crippen molar-refractivity contribution in [3.8, 4) is 5.75 Å². The molecule has 0 aliphatic carbocycles. The lowest BCUT2D eigenvalue weighted by atomic mass is 10.0. The first kappa shape index (κ1) is 12.6. The Balaban J connectivity index is 3.06. The van der Waals surface area contributed by atoms with Crippen LogP contribution in [-0.4, -0.2) is 17.1 Å². The molecule has 0 amide bonds. The summed E-state index contributed by atoms with van der Waals surface area (Å²) in [6, 6.07) is 4.61. The smallest absolute Gasteiger partial charge is 0.395 e. The van der Waals surface area contributed by atoms with Gasteiger partial charge in [-0.1, -0.05) is 6.07 Å². The normalized spacial score (nSPS) is 12.4. The van der Waals surface area contributed by atoms with Crippen molar-refractivity contribution in [3.05, 3.63) is 29.3 Å². The highest BCUT2D eigenvalue weighted by Crippen LogP contribution is 2.23. The van der Waals surface area contributed by atoms with Gasteiger partial charge in [-0.2, -0.15) is 0 Å². The molecule has 0 spiro atoms. The lowest BCUT2D eigenvalue weighted by Crippen LogP contribution is -2.18. The first-order valence-electron chi connectivity index (χ1n) is 4.66. The highest BCUT2D eigenvalue weighted by molar-refractivity contribution is 7.17. The first-order valence-corrected chi connectivity index (χ1v) is 5.39. The van der Waals surface area contributed by atoms with Crippen LogP contribution in [0.3, 0.4) is 0 Å². The molecule has 0 aliphatic rings. The van der Waals surface area contributed by atoms with Crippen LogP contribution in [0.2, 0.25) is 0 Å². The summed E-state index contributed by atoms with van der Waals surface area (Å²) in [4.78, 5) is 10.9. The predicted octanol–water partition coefficient (Wildman–Crippen LogP) is 1.86. The minimum atomic E-state index is -1.12. The van der Waals surface area contributed by atoms with Gasteiger partial charge < -0.3 is 15.4 Å².